The fourth-order valence-corrected chi connectivity index (χ4v) is 3.58. The second kappa shape index (κ2) is 8.30. The molecule has 0 bridgehead atoms. The number of carbonyl (C=O) groups excluding carboxylic acids is 1. The predicted molar refractivity (Wildman–Crippen MR) is 102 cm³/mol. The largest absolute Gasteiger partial charge is 0.493 e. The van der Waals surface area contributed by atoms with Crippen LogP contribution >= 0.6 is 11.3 Å². The number of carbonyl (C=O) groups is 1. The van der Waals surface area contributed by atoms with Gasteiger partial charge in [0.1, 0.15) is 0 Å². The van der Waals surface area contributed by atoms with Crippen molar-refractivity contribution in [2.75, 3.05) is 21.3 Å². The first kappa shape index (κ1) is 19.7. The minimum Gasteiger partial charge on any atom is -0.493 e. The quantitative estimate of drug-likeness (QED) is 0.549. The Morgan fingerprint density at radius 3 is 2.25 bits per heavy atom. The second-order valence-corrected chi connectivity index (χ2v) is 7.28. The molecule has 0 saturated carbocycles. The van der Waals surface area contributed by atoms with Gasteiger partial charge >= 0.3 is 5.97 Å². The van der Waals surface area contributed by atoms with E-state index in [0.29, 0.717) is 28.4 Å². The van der Waals surface area contributed by atoms with Crippen LogP contribution in [0, 0.1) is 13.8 Å². The molecule has 2 heterocycles. The first-order valence-corrected chi connectivity index (χ1v) is 9.15. The molecule has 3 rings (SSSR count). The Hall–Kier alpha value is -3.07. The molecule has 3 aromatic rings. The molecule has 28 heavy (non-hydrogen) atoms. The summed E-state index contributed by atoms with van der Waals surface area (Å²) in [6.45, 7) is 3.70. The maximum Gasteiger partial charge on any atom is 0.339 e. The minimum absolute atomic E-state index is 0.120. The molecular weight excluding hydrogens is 384 g/mol. The molecule has 0 aliphatic rings. The number of hydrogen-bond acceptors (Lipinski definition) is 9. The van der Waals surface area contributed by atoms with E-state index in [2.05, 4.69) is 10.2 Å². The van der Waals surface area contributed by atoms with Gasteiger partial charge in [-0.25, -0.2) is 4.79 Å². The molecule has 0 fully saturated rings. The SMILES string of the molecule is COc1cc(-c2nnc(COC(=O)c3cc(C)sc3C)o2)cc(OC)c1OC. The zero-order valence-corrected chi connectivity index (χ0v) is 17.0. The highest BCUT2D eigenvalue weighted by atomic mass is 32.1. The standard InChI is InChI=1S/C19H20N2O6S/c1-10-6-13(11(2)28-10)19(22)26-9-16-20-21-18(27-16)12-7-14(23-3)17(25-5)15(8-12)24-4/h6-8H,9H2,1-5H3. The molecule has 9 heteroatoms. The van der Waals surface area contributed by atoms with E-state index >= 15 is 0 Å². The van der Waals surface area contributed by atoms with Crippen molar-refractivity contribution in [3.05, 3.63) is 39.4 Å². The summed E-state index contributed by atoms with van der Waals surface area (Å²) in [5, 5.41) is 7.94. The van der Waals surface area contributed by atoms with E-state index in [-0.39, 0.29) is 18.4 Å². The lowest BCUT2D eigenvalue weighted by Crippen LogP contribution is -2.05. The summed E-state index contributed by atoms with van der Waals surface area (Å²) in [6.07, 6.45) is 0. The monoisotopic (exact) mass is 404 g/mol. The molecule has 0 amide bonds. The van der Waals surface area contributed by atoms with Crippen molar-refractivity contribution < 1.29 is 28.2 Å². The van der Waals surface area contributed by atoms with Crippen molar-refractivity contribution in [3.8, 4) is 28.7 Å². The molecule has 8 nitrogen and oxygen atoms in total. The van der Waals surface area contributed by atoms with Crippen molar-refractivity contribution in [1.29, 1.82) is 0 Å². The minimum atomic E-state index is -0.422. The number of rotatable bonds is 7. The average molecular weight is 404 g/mol. The number of esters is 1. The van der Waals surface area contributed by atoms with Crippen LogP contribution in [-0.4, -0.2) is 37.5 Å². The van der Waals surface area contributed by atoms with Crippen LogP contribution in [0.15, 0.2) is 22.6 Å². The van der Waals surface area contributed by atoms with Gasteiger partial charge in [0.05, 0.1) is 26.9 Å². The van der Waals surface area contributed by atoms with Crippen molar-refractivity contribution in [1.82, 2.24) is 10.2 Å². The van der Waals surface area contributed by atoms with Crippen LogP contribution < -0.4 is 14.2 Å². The lowest BCUT2D eigenvalue weighted by Gasteiger charge is -2.12. The highest BCUT2D eigenvalue weighted by Crippen LogP contribution is 2.40. The van der Waals surface area contributed by atoms with Crippen molar-refractivity contribution in [2.24, 2.45) is 0 Å². The van der Waals surface area contributed by atoms with Gasteiger partial charge in [0, 0.05) is 15.3 Å². The van der Waals surface area contributed by atoms with Crippen molar-refractivity contribution in [3.63, 3.8) is 0 Å². The maximum absolute atomic E-state index is 12.2. The third kappa shape index (κ3) is 3.94. The van der Waals surface area contributed by atoms with Gasteiger partial charge in [0.15, 0.2) is 18.1 Å². The normalized spacial score (nSPS) is 10.6. The number of thiophene rings is 1. The van der Waals surface area contributed by atoms with E-state index in [1.165, 1.54) is 21.3 Å². The summed E-state index contributed by atoms with van der Waals surface area (Å²) in [5.74, 6) is 1.39. The highest BCUT2D eigenvalue weighted by molar-refractivity contribution is 7.12. The molecule has 0 N–H and O–H groups in total. The van der Waals surface area contributed by atoms with Crippen LogP contribution in [0.2, 0.25) is 0 Å². The summed E-state index contributed by atoms with van der Waals surface area (Å²) in [5.41, 5.74) is 1.13. The molecule has 0 unspecified atom stereocenters. The summed E-state index contributed by atoms with van der Waals surface area (Å²) in [4.78, 5) is 14.2. The Labute approximate surface area is 166 Å². The Balaban J connectivity index is 1.77. The van der Waals surface area contributed by atoms with E-state index in [4.69, 9.17) is 23.4 Å². The molecule has 2 aromatic heterocycles. The van der Waals surface area contributed by atoms with Gasteiger partial charge < -0.3 is 23.4 Å². The maximum atomic E-state index is 12.2. The zero-order valence-electron chi connectivity index (χ0n) is 16.2. The Kier molecular flexibility index (Phi) is 5.84. The first-order valence-electron chi connectivity index (χ1n) is 8.33. The molecule has 0 radical (unpaired) electrons. The highest BCUT2D eigenvalue weighted by Gasteiger charge is 2.19. The van der Waals surface area contributed by atoms with Gasteiger partial charge in [0.25, 0.3) is 5.89 Å². The van der Waals surface area contributed by atoms with Gasteiger partial charge in [-0.3, -0.25) is 0 Å². The summed E-state index contributed by atoms with van der Waals surface area (Å²) < 4.78 is 26.9. The van der Waals surface area contributed by atoms with Crippen LogP contribution in [0.1, 0.15) is 26.0 Å². The Morgan fingerprint density at radius 1 is 1.04 bits per heavy atom. The van der Waals surface area contributed by atoms with Crippen LogP contribution in [0.3, 0.4) is 0 Å². The van der Waals surface area contributed by atoms with E-state index in [1.807, 2.05) is 13.8 Å². The van der Waals surface area contributed by atoms with E-state index < -0.39 is 5.97 Å². The summed E-state index contributed by atoms with van der Waals surface area (Å²) in [7, 11) is 4.57. The van der Waals surface area contributed by atoms with E-state index in [0.717, 1.165) is 9.75 Å². The number of aryl methyl sites for hydroxylation is 2. The predicted octanol–water partition coefficient (Wildman–Crippen LogP) is 3.80. The number of benzene rings is 1. The third-order valence-electron chi connectivity index (χ3n) is 3.97. The number of ether oxygens (including phenoxy) is 4. The van der Waals surface area contributed by atoms with Gasteiger partial charge in [0.2, 0.25) is 11.6 Å². The zero-order chi connectivity index (χ0) is 20.3. The van der Waals surface area contributed by atoms with Gasteiger partial charge in [-0.05, 0) is 32.0 Å². The van der Waals surface area contributed by atoms with Gasteiger partial charge in [-0.15, -0.1) is 21.5 Å². The first-order chi connectivity index (χ1) is 13.5. The summed E-state index contributed by atoms with van der Waals surface area (Å²) in [6, 6.07) is 5.20. The van der Waals surface area contributed by atoms with E-state index in [9.17, 15) is 4.79 Å². The third-order valence-corrected chi connectivity index (χ3v) is 4.93. The number of methoxy groups -OCH3 is 3. The molecule has 0 spiro atoms. The average Bonchev–Trinajstić information content (AvgIpc) is 3.30. The van der Waals surface area contributed by atoms with E-state index in [1.54, 1.807) is 29.5 Å². The van der Waals surface area contributed by atoms with Gasteiger partial charge in [-0.2, -0.15) is 0 Å². The number of hydrogen-bond donors (Lipinski definition) is 0. The van der Waals surface area contributed by atoms with Crippen molar-refractivity contribution >= 4 is 17.3 Å². The van der Waals surface area contributed by atoms with Crippen LogP contribution in [-0.2, 0) is 11.3 Å². The number of nitrogens with zero attached hydrogens (tertiary/aromatic N) is 2. The topological polar surface area (TPSA) is 92.9 Å². The van der Waals surface area contributed by atoms with Crippen LogP contribution in [0.25, 0.3) is 11.5 Å². The lowest BCUT2D eigenvalue weighted by atomic mass is 10.2. The van der Waals surface area contributed by atoms with Gasteiger partial charge in [-0.1, -0.05) is 0 Å². The fraction of sp³-hybridized carbons (Fsp3) is 0.316. The molecular formula is C19H20N2O6S. The molecule has 1 aromatic carbocycles. The molecule has 0 aliphatic heterocycles. The Morgan fingerprint density at radius 2 is 1.71 bits per heavy atom. The molecule has 0 atom stereocenters. The smallest absolute Gasteiger partial charge is 0.339 e. The van der Waals surface area contributed by atoms with Crippen LogP contribution in [0.5, 0.6) is 17.2 Å². The second-order valence-electron chi connectivity index (χ2n) is 5.82. The lowest BCUT2D eigenvalue weighted by molar-refractivity contribution is 0.0438. The number of aromatic nitrogens is 2. The summed E-state index contributed by atoms with van der Waals surface area (Å²) >= 11 is 1.54. The fourth-order valence-electron chi connectivity index (χ4n) is 2.67. The molecule has 0 saturated heterocycles. The Bertz CT molecular complexity index is 969. The molecule has 148 valence electrons. The van der Waals surface area contributed by atoms with Crippen molar-refractivity contribution in [2.45, 2.75) is 20.5 Å². The van der Waals surface area contributed by atoms with Crippen LogP contribution in [0.4, 0.5) is 0 Å². The molecule has 0 aliphatic carbocycles.